The Morgan fingerprint density at radius 2 is 1.95 bits per heavy atom. The van der Waals surface area contributed by atoms with E-state index in [-0.39, 0.29) is 0 Å². The lowest BCUT2D eigenvalue weighted by molar-refractivity contribution is 0.203. The highest BCUT2D eigenvalue weighted by atomic mass is 16.5. The number of hydrogen-bond acceptors (Lipinski definition) is 2. The van der Waals surface area contributed by atoms with Gasteiger partial charge in [0, 0.05) is 17.1 Å². The van der Waals surface area contributed by atoms with Crippen LogP contribution < -0.4 is 5.46 Å². The van der Waals surface area contributed by atoms with Gasteiger partial charge in [-0.1, -0.05) is 62.3 Å². The monoisotopic (exact) mass is 278 g/mol. The molecular weight excluding hydrogens is 259 g/mol. The van der Waals surface area contributed by atoms with E-state index in [1.165, 1.54) is 10.2 Å². The lowest BCUT2D eigenvalue weighted by Crippen LogP contribution is -2.26. The lowest BCUT2D eigenvalue weighted by Gasteiger charge is -2.08. The maximum Gasteiger partial charge on any atom is 0.175 e. The molecular formula is C17H19BN2O. The third kappa shape index (κ3) is 2.42. The van der Waals surface area contributed by atoms with Crippen LogP contribution in [0.25, 0.3) is 22.3 Å². The number of hydrogen-bond donors (Lipinski definition) is 1. The van der Waals surface area contributed by atoms with E-state index >= 15 is 0 Å². The highest BCUT2D eigenvalue weighted by molar-refractivity contribution is 6.74. The first-order chi connectivity index (χ1) is 10.2. The third-order valence-corrected chi connectivity index (χ3v) is 4.03. The molecule has 1 N–H and O–H groups in total. The van der Waals surface area contributed by atoms with Gasteiger partial charge in [0.15, 0.2) is 12.4 Å². The second kappa shape index (κ2) is 5.64. The van der Waals surface area contributed by atoms with Crippen molar-refractivity contribution in [2.24, 2.45) is 0 Å². The fourth-order valence-electron chi connectivity index (χ4n) is 2.94. The van der Waals surface area contributed by atoms with Crippen molar-refractivity contribution in [1.29, 1.82) is 0 Å². The van der Waals surface area contributed by atoms with Crippen molar-refractivity contribution in [2.45, 2.75) is 26.5 Å². The van der Waals surface area contributed by atoms with Crippen LogP contribution in [-0.4, -0.2) is 21.6 Å². The molecule has 0 spiro atoms. The van der Waals surface area contributed by atoms with Gasteiger partial charge in [0.25, 0.3) is 0 Å². The maximum atomic E-state index is 10.4. The summed E-state index contributed by atoms with van der Waals surface area (Å²) in [5.74, 6) is 0. The molecule has 2 heterocycles. The molecule has 0 fully saturated rings. The van der Waals surface area contributed by atoms with Crippen molar-refractivity contribution in [3.05, 3.63) is 48.7 Å². The second-order valence-electron chi connectivity index (χ2n) is 5.53. The van der Waals surface area contributed by atoms with E-state index in [0.29, 0.717) is 12.4 Å². The normalized spacial score (nSPS) is 11.0. The standard InChI is InChI=1S/C17H19BN2O/c1-3-10-18(2)15-9-11-19-17-14(15)12-16(20(17)21)13-7-5-4-6-8-13/h4-9,11-12,21H,3,10H2,1-2H3. The summed E-state index contributed by atoms with van der Waals surface area (Å²) < 4.78 is 1.20. The highest BCUT2D eigenvalue weighted by Crippen LogP contribution is 2.25. The Kier molecular flexibility index (Phi) is 3.69. The van der Waals surface area contributed by atoms with Gasteiger partial charge in [-0.15, -0.1) is 0 Å². The number of rotatable bonds is 4. The Balaban J connectivity index is 2.18. The summed E-state index contributed by atoms with van der Waals surface area (Å²) in [5, 5.41) is 11.5. The van der Waals surface area contributed by atoms with Gasteiger partial charge in [0.05, 0.1) is 5.69 Å². The van der Waals surface area contributed by atoms with Crippen molar-refractivity contribution >= 4 is 23.2 Å². The van der Waals surface area contributed by atoms with Crippen molar-refractivity contribution in [3.8, 4) is 11.3 Å². The lowest BCUT2D eigenvalue weighted by atomic mass is 9.44. The first kappa shape index (κ1) is 13.7. The fraction of sp³-hybridized carbons (Fsp3) is 0.235. The zero-order valence-corrected chi connectivity index (χ0v) is 12.5. The Hall–Kier alpha value is -2.23. The minimum Gasteiger partial charge on any atom is -0.426 e. The molecule has 4 heteroatoms. The van der Waals surface area contributed by atoms with Crippen molar-refractivity contribution in [1.82, 2.24) is 9.71 Å². The number of aromatic nitrogens is 2. The largest absolute Gasteiger partial charge is 0.426 e. The third-order valence-electron chi connectivity index (χ3n) is 4.03. The summed E-state index contributed by atoms with van der Waals surface area (Å²) in [6.45, 7) is 4.89. The van der Waals surface area contributed by atoms with Gasteiger partial charge in [-0.2, -0.15) is 4.73 Å². The van der Waals surface area contributed by atoms with Crippen molar-refractivity contribution in [2.75, 3.05) is 0 Å². The molecule has 3 aromatic rings. The SMILES string of the molecule is CCCB(C)c1ccnc2c1cc(-c1ccccc1)n2O. The Morgan fingerprint density at radius 3 is 2.67 bits per heavy atom. The maximum absolute atomic E-state index is 10.4. The molecule has 3 nitrogen and oxygen atoms in total. The molecule has 0 aliphatic carbocycles. The van der Waals surface area contributed by atoms with E-state index in [9.17, 15) is 5.21 Å². The summed E-state index contributed by atoms with van der Waals surface area (Å²) in [5.41, 5.74) is 3.67. The number of nitrogens with zero attached hydrogens (tertiary/aromatic N) is 2. The van der Waals surface area contributed by atoms with E-state index in [2.05, 4.69) is 24.8 Å². The van der Waals surface area contributed by atoms with Crippen LogP contribution >= 0.6 is 0 Å². The topological polar surface area (TPSA) is 38.0 Å². The van der Waals surface area contributed by atoms with E-state index in [1.807, 2.05) is 36.4 Å². The molecule has 0 bridgehead atoms. The summed E-state index contributed by atoms with van der Waals surface area (Å²) in [7, 11) is 0. The van der Waals surface area contributed by atoms with Crippen molar-refractivity contribution in [3.63, 3.8) is 0 Å². The van der Waals surface area contributed by atoms with Gasteiger partial charge in [-0.05, 0) is 12.1 Å². The predicted molar refractivity (Wildman–Crippen MR) is 88.7 cm³/mol. The van der Waals surface area contributed by atoms with Gasteiger partial charge in [0.1, 0.15) is 0 Å². The molecule has 1 aromatic carbocycles. The average molecular weight is 278 g/mol. The molecule has 0 aliphatic rings. The van der Waals surface area contributed by atoms with Crippen LogP contribution in [-0.2, 0) is 0 Å². The van der Waals surface area contributed by atoms with Gasteiger partial charge < -0.3 is 5.21 Å². The van der Waals surface area contributed by atoms with Crippen LogP contribution in [0.2, 0.25) is 13.1 Å². The van der Waals surface area contributed by atoms with Gasteiger partial charge >= 0.3 is 0 Å². The minimum atomic E-state index is 0.464. The molecule has 0 atom stereocenters. The quantitative estimate of drug-likeness (QED) is 0.584. The predicted octanol–water partition coefficient (Wildman–Crippen LogP) is 3.68. The molecule has 21 heavy (non-hydrogen) atoms. The summed E-state index contributed by atoms with van der Waals surface area (Å²) in [6, 6.07) is 14.0. The van der Waals surface area contributed by atoms with E-state index in [1.54, 1.807) is 6.20 Å². The number of pyridine rings is 1. The van der Waals surface area contributed by atoms with Crippen LogP contribution in [0.3, 0.4) is 0 Å². The van der Waals surface area contributed by atoms with E-state index in [4.69, 9.17) is 0 Å². The molecule has 0 unspecified atom stereocenters. The Labute approximate surface area is 125 Å². The summed E-state index contributed by atoms with van der Waals surface area (Å²) in [4.78, 5) is 4.34. The summed E-state index contributed by atoms with van der Waals surface area (Å²) >= 11 is 0. The molecule has 0 amide bonds. The molecule has 0 saturated heterocycles. The van der Waals surface area contributed by atoms with E-state index < -0.39 is 0 Å². The van der Waals surface area contributed by atoms with Gasteiger partial charge in [-0.3, -0.25) is 0 Å². The van der Waals surface area contributed by atoms with E-state index in [0.717, 1.165) is 29.4 Å². The molecule has 0 radical (unpaired) electrons. The first-order valence-corrected chi connectivity index (χ1v) is 7.47. The summed E-state index contributed by atoms with van der Waals surface area (Å²) in [6.07, 6.45) is 4.07. The first-order valence-electron chi connectivity index (χ1n) is 7.47. The molecule has 106 valence electrons. The second-order valence-corrected chi connectivity index (χ2v) is 5.53. The van der Waals surface area contributed by atoms with Crippen LogP contribution in [0.4, 0.5) is 0 Å². The molecule has 0 saturated carbocycles. The van der Waals surface area contributed by atoms with Crippen molar-refractivity contribution < 1.29 is 5.21 Å². The number of fused-ring (bicyclic) bond motifs is 1. The highest BCUT2D eigenvalue weighted by Gasteiger charge is 2.18. The Bertz CT molecular complexity index is 752. The fourth-order valence-corrected chi connectivity index (χ4v) is 2.94. The molecule has 0 aliphatic heterocycles. The van der Waals surface area contributed by atoms with Crippen LogP contribution in [0, 0.1) is 0 Å². The van der Waals surface area contributed by atoms with Crippen LogP contribution in [0.15, 0.2) is 48.7 Å². The Morgan fingerprint density at radius 1 is 1.19 bits per heavy atom. The van der Waals surface area contributed by atoms with Gasteiger partial charge in [0.2, 0.25) is 0 Å². The van der Waals surface area contributed by atoms with Gasteiger partial charge in [-0.25, -0.2) is 4.98 Å². The van der Waals surface area contributed by atoms with Crippen LogP contribution in [0.1, 0.15) is 13.3 Å². The zero-order valence-electron chi connectivity index (χ0n) is 12.5. The molecule has 3 rings (SSSR count). The number of benzene rings is 1. The molecule has 2 aromatic heterocycles. The van der Waals surface area contributed by atoms with Crippen LogP contribution in [0.5, 0.6) is 0 Å². The zero-order chi connectivity index (χ0) is 14.8. The average Bonchev–Trinajstić information content (AvgIpc) is 2.86. The minimum absolute atomic E-state index is 0.464. The smallest absolute Gasteiger partial charge is 0.175 e.